The Morgan fingerprint density at radius 3 is 2.71 bits per heavy atom. The highest BCUT2D eigenvalue weighted by molar-refractivity contribution is 5.87. The summed E-state index contributed by atoms with van der Waals surface area (Å²) in [6, 6.07) is 3.47. The van der Waals surface area contributed by atoms with E-state index in [1.165, 1.54) is 0 Å². The molecule has 0 aromatic carbocycles. The van der Waals surface area contributed by atoms with E-state index in [1.807, 2.05) is 49.2 Å². The van der Waals surface area contributed by atoms with Crippen LogP contribution in [0.2, 0.25) is 0 Å². The van der Waals surface area contributed by atoms with E-state index in [-0.39, 0.29) is 5.69 Å². The fourth-order valence-electron chi connectivity index (χ4n) is 2.10. The van der Waals surface area contributed by atoms with E-state index in [0.717, 1.165) is 11.3 Å². The van der Waals surface area contributed by atoms with E-state index in [1.54, 1.807) is 10.7 Å². The van der Waals surface area contributed by atoms with Gasteiger partial charge in [-0.15, -0.1) is 0 Å². The first kappa shape index (κ1) is 13.0. The number of nitrogens with zero attached hydrogens (tertiary/aromatic N) is 3. The predicted molar refractivity (Wildman–Crippen MR) is 77.9 cm³/mol. The van der Waals surface area contributed by atoms with Gasteiger partial charge in [-0.05, 0) is 31.2 Å². The first-order valence-electron chi connectivity index (χ1n) is 6.41. The van der Waals surface area contributed by atoms with Crippen molar-refractivity contribution in [3.05, 3.63) is 48.1 Å². The molecule has 0 saturated heterocycles. The van der Waals surface area contributed by atoms with E-state index < -0.39 is 5.97 Å². The SMILES string of the molecule is CC1=CC=C(n2nc(C(=O)O)cc2-c2ccn(C)c2)NN1. The van der Waals surface area contributed by atoms with Crippen molar-refractivity contribution in [3.8, 4) is 11.3 Å². The number of rotatable bonds is 3. The number of carboxylic acid groups (broad SMARTS) is 1. The van der Waals surface area contributed by atoms with Crippen molar-refractivity contribution < 1.29 is 9.90 Å². The number of carboxylic acids is 1. The molecule has 21 heavy (non-hydrogen) atoms. The minimum absolute atomic E-state index is 0.00262. The molecule has 0 atom stereocenters. The number of allylic oxidation sites excluding steroid dienone is 3. The summed E-state index contributed by atoms with van der Waals surface area (Å²) in [5.74, 6) is -0.394. The third kappa shape index (κ3) is 2.40. The highest BCUT2D eigenvalue weighted by atomic mass is 16.4. The fourth-order valence-corrected chi connectivity index (χ4v) is 2.10. The van der Waals surface area contributed by atoms with Crippen LogP contribution in [0.25, 0.3) is 17.1 Å². The monoisotopic (exact) mass is 285 g/mol. The maximum atomic E-state index is 11.2. The molecule has 7 heteroatoms. The quantitative estimate of drug-likeness (QED) is 0.794. The summed E-state index contributed by atoms with van der Waals surface area (Å²) in [6.07, 6.45) is 7.55. The normalized spacial score (nSPS) is 14.0. The largest absolute Gasteiger partial charge is 0.476 e. The van der Waals surface area contributed by atoms with Gasteiger partial charge in [0.25, 0.3) is 0 Å². The van der Waals surface area contributed by atoms with Gasteiger partial charge in [0.2, 0.25) is 0 Å². The van der Waals surface area contributed by atoms with Crippen LogP contribution in [-0.4, -0.2) is 25.4 Å². The molecule has 0 amide bonds. The van der Waals surface area contributed by atoms with E-state index in [2.05, 4.69) is 16.0 Å². The summed E-state index contributed by atoms with van der Waals surface area (Å²) in [6.45, 7) is 1.92. The van der Waals surface area contributed by atoms with Crippen molar-refractivity contribution >= 4 is 11.8 Å². The first-order valence-corrected chi connectivity index (χ1v) is 6.41. The van der Waals surface area contributed by atoms with Crippen LogP contribution in [0.4, 0.5) is 0 Å². The highest BCUT2D eigenvalue weighted by Gasteiger charge is 2.18. The van der Waals surface area contributed by atoms with Gasteiger partial charge in [-0.3, -0.25) is 5.43 Å². The van der Waals surface area contributed by atoms with Gasteiger partial charge in [-0.25, -0.2) is 9.48 Å². The van der Waals surface area contributed by atoms with Crippen molar-refractivity contribution in [1.82, 2.24) is 25.2 Å². The second kappa shape index (κ2) is 4.86. The van der Waals surface area contributed by atoms with Crippen LogP contribution in [0.1, 0.15) is 17.4 Å². The smallest absolute Gasteiger partial charge is 0.356 e. The summed E-state index contributed by atoms with van der Waals surface area (Å²) < 4.78 is 3.48. The third-order valence-corrected chi connectivity index (χ3v) is 3.16. The molecule has 3 rings (SSSR count). The van der Waals surface area contributed by atoms with Crippen LogP contribution in [0, 0.1) is 0 Å². The molecule has 0 spiro atoms. The number of aromatic nitrogens is 3. The molecule has 0 bridgehead atoms. The van der Waals surface area contributed by atoms with Gasteiger partial charge in [0.15, 0.2) is 5.69 Å². The van der Waals surface area contributed by atoms with Gasteiger partial charge >= 0.3 is 5.97 Å². The van der Waals surface area contributed by atoms with Crippen LogP contribution < -0.4 is 10.9 Å². The summed E-state index contributed by atoms with van der Waals surface area (Å²) >= 11 is 0. The average molecular weight is 285 g/mol. The number of hydrogen-bond donors (Lipinski definition) is 3. The van der Waals surface area contributed by atoms with Gasteiger partial charge < -0.3 is 15.1 Å². The number of aromatic carboxylic acids is 1. The molecule has 0 unspecified atom stereocenters. The zero-order valence-electron chi connectivity index (χ0n) is 11.7. The molecule has 1 aliphatic heterocycles. The molecule has 3 heterocycles. The van der Waals surface area contributed by atoms with Gasteiger partial charge in [-0.1, -0.05) is 0 Å². The molecule has 1 aliphatic rings. The van der Waals surface area contributed by atoms with E-state index in [4.69, 9.17) is 5.11 Å². The maximum absolute atomic E-state index is 11.2. The summed E-state index contributed by atoms with van der Waals surface area (Å²) in [4.78, 5) is 11.2. The number of aryl methyl sites for hydroxylation is 1. The van der Waals surface area contributed by atoms with E-state index >= 15 is 0 Å². The lowest BCUT2D eigenvalue weighted by Gasteiger charge is -2.18. The lowest BCUT2D eigenvalue weighted by atomic mass is 10.2. The van der Waals surface area contributed by atoms with Gasteiger partial charge in [0, 0.05) is 30.7 Å². The fraction of sp³-hybridized carbons (Fsp3) is 0.143. The van der Waals surface area contributed by atoms with Crippen molar-refractivity contribution in [1.29, 1.82) is 0 Å². The second-order valence-corrected chi connectivity index (χ2v) is 4.85. The Kier molecular flexibility index (Phi) is 3.02. The van der Waals surface area contributed by atoms with Gasteiger partial charge in [0.1, 0.15) is 5.82 Å². The first-order chi connectivity index (χ1) is 10.0. The Labute approximate surface area is 121 Å². The van der Waals surface area contributed by atoms with E-state index in [0.29, 0.717) is 11.5 Å². The number of carbonyl (C=O) groups is 1. The Morgan fingerprint density at radius 1 is 1.33 bits per heavy atom. The lowest BCUT2D eigenvalue weighted by molar-refractivity contribution is 0.0690. The molecule has 2 aromatic heterocycles. The van der Waals surface area contributed by atoms with Crippen LogP contribution >= 0.6 is 0 Å². The molecule has 2 aromatic rings. The van der Waals surface area contributed by atoms with E-state index in [9.17, 15) is 4.79 Å². The minimum atomic E-state index is -1.05. The third-order valence-electron chi connectivity index (χ3n) is 3.16. The molecule has 3 N–H and O–H groups in total. The Hall–Kier alpha value is -2.96. The zero-order chi connectivity index (χ0) is 15.0. The molecule has 0 aliphatic carbocycles. The lowest BCUT2D eigenvalue weighted by Crippen LogP contribution is -2.33. The zero-order valence-corrected chi connectivity index (χ0v) is 11.7. The number of hydrogen-bond acceptors (Lipinski definition) is 4. The molecular weight excluding hydrogens is 270 g/mol. The van der Waals surface area contributed by atoms with Crippen molar-refractivity contribution in [3.63, 3.8) is 0 Å². The van der Waals surface area contributed by atoms with Crippen LogP contribution in [-0.2, 0) is 7.05 Å². The maximum Gasteiger partial charge on any atom is 0.356 e. The summed E-state index contributed by atoms with van der Waals surface area (Å²) in [5, 5.41) is 13.3. The van der Waals surface area contributed by atoms with Crippen LogP contribution in [0.3, 0.4) is 0 Å². The molecule has 0 radical (unpaired) electrons. The molecule has 108 valence electrons. The Morgan fingerprint density at radius 2 is 2.14 bits per heavy atom. The number of nitrogens with one attached hydrogen (secondary N) is 2. The Bertz CT molecular complexity index is 766. The summed E-state index contributed by atoms with van der Waals surface area (Å²) in [5.41, 5.74) is 8.55. The topological polar surface area (TPSA) is 84.1 Å². The van der Waals surface area contributed by atoms with Crippen molar-refractivity contribution in [2.75, 3.05) is 0 Å². The van der Waals surface area contributed by atoms with Gasteiger partial charge in [-0.2, -0.15) is 5.10 Å². The molecular formula is C14H15N5O2. The number of hydrazine groups is 1. The standard InChI is InChI=1S/C14H15N5O2/c1-9-3-4-13(16-15-9)19-12(7-11(17-19)14(20)21)10-5-6-18(2)8-10/h3-8,15-16H,1-2H3,(H,20,21). The molecule has 0 saturated carbocycles. The van der Waals surface area contributed by atoms with Crippen LogP contribution in [0.5, 0.6) is 0 Å². The Balaban J connectivity index is 2.12. The van der Waals surface area contributed by atoms with Crippen molar-refractivity contribution in [2.45, 2.75) is 6.92 Å². The molecule has 7 nitrogen and oxygen atoms in total. The minimum Gasteiger partial charge on any atom is -0.476 e. The second-order valence-electron chi connectivity index (χ2n) is 4.85. The van der Waals surface area contributed by atoms with Gasteiger partial charge in [0.05, 0.1) is 5.69 Å². The highest BCUT2D eigenvalue weighted by Crippen LogP contribution is 2.23. The van der Waals surface area contributed by atoms with Crippen LogP contribution in [0.15, 0.2) is 42.4 Å². The predicted octanol–water partition coefficient (Wildman–Crippen LogP) is 1.40. The van der Waals surface area contributed by atoms with Crippen molar-refractivity contribution in [2.24, 2.45) is 7.05 Å². The average Bonchev–Trinajstić information content (AvgIpc) is 3.05. The summed E-state index contributed by atoms with van der Waals surface area (Å²) in [7, 11) is 1.91. The molecule has 0 fully saturated rings.